The Balaban J connectivity index is 2.33. The van der Waals surface area contributed by atoms with E-state index in [1.165, 1.54) is 25.3 Å². The largest absolute Gasteiger partial charge is 0.384 e. The van der Waals surface area contributed by atoms with Crippen molar-refractivity contribution in [3.63, 3.8) is 0 Å². The van der Waals surface area contributed by atoms with Crippen LogP contribution >= 0.6 is 0 Å². The molecule has 0 saturated carbocycles. The SMILES string of the molecule is CC(C)CCCCCCNc1ccccc1S(N)(=O)=O. The molecular weight excluding hydrogens is 272 g/mol. The van der Waals surface area contributed by atoms with Gasteiger partial charge in [0.15, 0.2) is 0 Å². The van der Waals surface area contributed by atoms with Crippen LogP contribution in [-0.2, 0) is 10.0 Å². The highest BCUT2D eigenvalue weighted by atomic mass is 32.2. The lowest BCUT2D eigenvalue weighted by molar-refractivity contribution is 0.523. The molecule has 1 rings (SSSR count). The van der Waals surface area contributed by atoms with Crippen molar-refractivity contribution in [2.24, 2.45) is 11.1 Å². The molecule has 3 N–H and O–H groups in total. The fraction of sp³-hybridized carbons (Fsp3) is 0.600. The number of hydrogen-bond acceptors (Lipinski definition) is 3. The first-order valence-electron chi connectivity index (χ1n) is 7.27. The number of sulfonamides is 1. The number of para-hydroxylation sites is 1. The fourth-order valence-corrected chi connectivity index (χ4v) is 2.83. The zero-order valence-corrected chi connectivity index (χ0v) is 13.2. The van der Waals surface area contributed by atoms with Crippen LogP contribution in [0.3, 0.4) is 0 Å². The quantitative estimate of drug-likeness (QED) is 0.687. The molecule has 4 nitrogen and oxygen atoms in total. The first-order chi connectivity index (χ1) is 9.41. The van der Waals surface area contributed by atoms with E-state index in [1.54, 1.807) is 18.2 Å². The first kappa shape index (κ1) is 17.0. The number of nitrogens with one attached hydrogen (secondary N) is 1. The zero-order valence-electron chi connectivity index (χ0n) is 12.4. The maximum Gasteiger partial charge on any atom is 0.240 e. The molecule has 0 aliphatic heterocycles. The highest BCUT2D eigenvalue weighted by molar-refractivity contribution is 7.89. The molecule has 0 aromatic heterocycles. The van der Waals surface area contributed by atoms with E-state index >= 15 is 0 Å². The van der Waals surface area contributed by atoms with Gasteiger partial charge in [-0.2, -0.15) is 0 Å². The third-order valence-corrected chi connectivity index (χ3v) is 4.19. The summed E-state index contributed by atoms with van der Waals surface area (Å²) in [5.74, 6) is 0.773. The monoisotopic (exact) mass is 298 g/mol. The first-order valence-corrected chi connectivity index (χ1v) is 8.81. The van der Waals surface area contributed by atoms with Gasteiger partial charge in [-0.05, 0) is 24.5 Å². The van der Waals surface area contributed by atoms with Gasteiger partial charge in [0.25, 0.3) is 0 Å². The van der Waals surface area contributed by atoms with Gasteiger partial charge in [0.2, 0.25) is 10.0 Å². The van der Waals surface area contributed by atoms with Crippen LogP contribution in [0.1, 0.15) is 46.0 Å². The molecule has 0 atom stereocenters. The normalized spacial score (nSPS) is 11.8. The Labute approximate surface area is 122 Å². The van der Waals surface area contributed by atoms with Gasteiger partial charge >= 0.3 is 0 Å². The molecule has 0 radical (unpaired) electrons. The molecule has 1 aromatic carbocycles. The van der Waals surface area contributed by atoms with Crippen molar-refractivity contribution in [1.82, 2.24) is 0 Å². The molecule has 20 heavy (non-hydrogen) atoms. The number of nitrogens with two attached hydrogens (primary N) is 1. The van der Waals surface area contributed by atoms with Crippen LogP contribution in [0.25, 0.3) is 0 Å². The second-order valence-corrected chi connectivity index (χ2v) is 7.09. The maximum atomic E-state index is 11.4. The van der Waals surface area contributed by atoms with E-state index in [0.717, 1.165) is 25.3 Å². The van der Waals surface area contributed by atoms with Crippen molar-refractivity contribution in [1.29, 1.82) is 0 Å². The Morgan fingerprint density at radius 1 is 1.10 bits per heavy atom. The summed E-state index contributed by atoms with van der Waals surface area (Å²) < 4.78 is 22.9. The van der Waals surface area contributed by atoms with Crippen LogP contribution in [0.5, 0.6) is 0 Å². The maximum absolute atomic E-state index is 11.4. The van der Waals surface area contributed by atoms with E-state index in [2.05, 4.69) is 19.2 Å². The third kappa shape index (κ3) is 6.39. The number of hydrogen-bond donors (Lipinski definition) is 2. The summed E-state index contributed by atoms with van der Waals surface area (Å²) in [5, 5.41) is 8.35. The van der Waals surface area contributed by atoms with Gasteiger partial charge < -0.3 is 5.32 Å². The lowest BCUT2D eigenvalue weighted by atomic mass is 10.0. The predicted octanol–water partition coefficient (Wildman–Crippen LogP) is 3.35. The lowest BCUT2D eigenvalue weighted by Crippen LogP contribution is -2.15. The lowest BCUT2D eigenvalue weighted by Gasteiger charge is -2.10. The Hall–Kier alpha value is -1.07. The van der Waals surface area contributed by atoms with Gasteiger partial charge in [-0.3, -0.25) is 0 Å². The number of rotatable bonds is 9. The van der Waals surface area contributed by atoms with E-state index in [-0.39, 0.29) is 4.90 Å². The molecule has 0 aliphatic carbocycles. The van der Waals surface area contributed by atoms with Gasteiger partial charge in [-0.25, -0.2) is 13.6 Å². The van der Waals surface area contributed by atoms with E-state index in [9.17, 15) is 8.42 Å². The van der Waals surface area contributed by atoms with Crippen LogP contribution in [-0.4, -0.2) is 15.0 Å². The van der Waals surface area contributed by atoms with Crippen molar-refractivity contribution in [2.75, 3.05) is 11.9 Å². The number of unbranched alkanes of at least 4 members (excludes halogenated alkanes) is 3. The van der Waals surface area contributed by atoms with E-state index < -0.39 is 10.0 Å². The second-order valence-electron chi connectivity index (χ2n) is 5.56. The summed E-state index contributed by atoms with van der Waals surface area (Å²) >= 11 is 0. The van der Waals surface area contributed by atoms with Gasteiger partial charge in [0.05, 0.1) is 5.69 Å². The average molecular weight is 298 g/mol. The molecule has 0 heterocycles. The second kappa shape index (κ2) is 8.27. The Morgan fingerprint density at radius 2 is 1.75 bits per heavy atom. The van der Waals surface area contributed by atoms with Gasteiger partial charge in [-0.1, -0.05) is 51.7 Å². The molecule has 0 amide bonds. The number of anilines is 1. The molecule has 0 bridgehead atoms. The smallest absolute Gasteiger partial charge is 0.240 e. The number of primary sulfonamides is 1. The molecule has 5 heteroatoms. The standard InChI is InChI=1S/C15H26N2O2S/c1-13(2)9-5-3-4-8-12-17-14-10-6-7-11-15(14)20(16,18)19/h6-7,10-11,13,17H,3-5,8-9,12H2,1-2H3,(H2,16,18,19). The Bertz CT molecular complexity index is 498. The van der Waals surface area contributed by atoms with Crippen molar-refractivity contribution in [3.05, 3.63) is 24.3 Å². The van der Waals surface area contributed by atoms with Gasteiger partial charge in [0.1, 0.15) is 4.90 Å². The molecule has 1 aromatic rings. The van der Waals surface area contributed by atoms with Gasteiger partial charge in [-0.15, -0.1) is 0 Å². The number of benzene rings is 1. The minimum absolute atomic E-state index is 0.166. The summed E-state index contributed by atoms with van der Waals surface area (Å²) in [7, 11) is -3.66. The molecule has 0 unspecified atom stereocenters. The van der Waals surface area contributed by atoms with Crippen molar-refractivity contribution in [3.8, 4) is 0 Å². The topological polar surface area (TPSA) is 72.2 Å². The minimum atomic E-state index is -3.66. The minimum Gasteiger partial charge on any atom is -0.384 e. The summed E-state index contributed by atoms with van der Waals surface area (Å²) in [6.07, 6.45) is 5.98. The van der Waals surface area contributed by atoms with E-state index in [4.69, 9.17) is 5.14 Å². The van der Waals surface area contributed by atoms with Crippen LogP contribution in [0.15, 0.2) is 29.2 Å². The van der Waals surface area contributed by atoms with E-state index in [0.29, 0.717) is 5.69 Å². The summed E-state index contributed by atoms with van der Waals surface area (Å²) in [5.41, 5.74) is 0.595. The van der Waals surface area contributed by atoms with Crippen molar-refractivity contribution in [2.45, 2.75) is 50.8 Å². The molecule has 114 valence electrons. The van der Waals surface area contributed by atoms with Gasteiger partial charge in [0, 0.05) is 6.54 Å². The highest BCUT2D eigenvalue weighted by Crippen LogP contribution is 2.19. The van der Waals surface area contributed by atoms with Crippen molar-refractivity contribution < 1.29 is 8.42 Å². The molecule has 0 fully saturated rings. The average Bonchev–Trinajstić information content (AvgIpc) is 2.36. The molecule has 0 aliphatic rings. The summed E-state index contributed by atoms with van der Waals surface area (Å²) in [6.45, 7) is 5.26. The van der Waals surface area contributed by atoms with Crippen LogP contribution in [0.2, 0.25) is 0 Å². The third-order valence-electron chi connectivity index (χ3n) is 3.22. The fourth-order valence-electron chi connectivity index (χ4n) is 2.11. The molecule has 0 spiro atoms. The summed E-state index contributed by atoms with van der Waals surface area (Å²) in [4.78, 5) is 0.166. The van der Waals surface area contributed by atoms with Crippen LogP contribution < -0.4 is 10.5 Å². The molecular formula is C15H26N2O2S. The van der Waals surface area contributed by atoms with Crippen LogP contribution in [0, 0.1) is 5.92 Å². The predicted molar refractivity (Wildman–Crippen MR) is 84.2 cm³/mol. The molecule has 0 saturated heterocycles. The van der Waals surface area contributed by atoms with Crippen LogP contribution in [0.4, 0.5) is 5.69 Å². The Morgan fingerprint density at radius 3 is 2.40 bits per heavy atom. The summed E-state index contributed by atoms with van der Waals surface area (Å²) in [6, 6.07) is 6.76. The Kier molecular flexibility index (Phi) is 7.02. The zero-order chi connectivity index (χ0) is 15.0. The van der Waals surface area contributed by atoms with Crippen molar-refractivity contribution >= 4 is 15.7 Å². The highest BCUT2D eigenvalue weighted by Gasteiger charge is 2.12. The van der Waals surface area contributed by atoms with E-state index in [1.807, 2.05) is 0 Å².